The van der Waals surface area contributed by atoms with Crippen LogP contribution in [0.25, 0.3) is 0 Å². The zero-order chi connectivity index (χ0) is 17.9. The Kier molecular flexibility index (Phi) is 17.1. The van der Waals surface area contributed by atoms with Gasteiger partial charge in [0.2, 0.25) is 18.2 Å². The van der Waals surface area contributed by atoms with E-state index in [2.05, 4.69) is 16.0 Å². The summed E-state index contributed by atoms with van der Waals surface area (Å²) in [6.45, 7) is 2.10. The molecule has 140 valence electrons. The molecule has 0 saturated heterocycles. The molecule has 0 bridgehead atoms. The summed E-state index contributed by atoms with van der Waals surface area (Å²) in [4.78, 5) is 33.0. The highest BCUT2D eigenvalue weighted by molar-refractivity contribution is 7.97. The third-order valence-corrected chi connectivity index (χ3v) is 3.94. The van der Waals surface area contributed by atoms with Gasteiger partial charge in [0.25, 0.3) is 0 Å². The van der Waals surface area contributed by atoms with E-state index in [4.69, 9.17) is 5.14 Å². The number of rotatable bonds is 17. The molecule has 24 heavy (non-hydrogen) atoms. The molecule has 0 aromatic carbocycles. The van der Waals surface area contributed by atoms with E-state index in [-0.39, 0.29) is 11.8 Å². The summed E-state index contributed by atoms with van der Waals surface area (Å²) in [6, 6.07) is 0. The standard InChI is InChI=1S/C16H32N4O3S/c17-24-13-9-16(23)20-12-7-2-1-6-11-19-15(22)8-4-3-5-10-18-14-21/h14H,1-13,17H2,(H,18,21)(H,19,22)(H,20,23). The van der Waals surface area contributed by atoms with Crippen LogP contribution in [0.5, 0.6) is 0 Å². The van der Waals surface area contributed by atoms with Gasteiger partial charge in [-0.2, -0.15) is 0 Å². The highest BCUT2D eigenvalue weighted by atomic mass is 32.2. The van der Waals surface area contributed by atoms with Gasteiger partial charge in [-0.25, -0.2) is 0 Å². The Bertz CT molecular complexity index is 343. The van der Waals surface area contributed by atoms with E-state index < -0.39 is 0 Å². The van der Waals surface area contributed by atoms with Crippen molar-refractivity contribution in [1.29, 1.82) is 0 Å². The van der Waals surface area contributed by atoms with Gasteiger partial charge in [-0.05, 0) is 25.7 Å². The van der Waals surface area contributed by atoms with Crippen LogP contribution in [0.1, 0.15) is 57.8 Å². The maximum Gasteiger partial charge on any atom is 0.220 e. The van der Waals surface area contributed by atoms with Gasteiger partial charge in [0.05, 0.1) is 0 Å². The highest BCUT2D eigenvalue weighted by Crippen LogP contribution is 2.01. The van der Waals surface area contributed by atoms with Gasteiger partial charge >= 0.3 is 0 Å². The lowest BCUT2D eigenvalue weighted by molar-refractivity contribution is -0.121. The molecule has 0 saturated carbocycles. The maximum absolute atomic E-state index is 11.6. The number of hydrogen-bond acceptors (Lipinski definition) is 5. The lowest BCUT2D eigenvalue weighted by Crippen LogP contribution is -2.25. The first-order chi connectivity index (χ1) is 11.7. The predicted molar refractivity (Wildman–Crippen MR) is 98.3 cm³/mol. The third kappa shape index (κ3) is 17.1. The predicted octanol–water partition coefficient (Wildman–Crippen LogP) is 1.08. The average molecular weight is 361 g/mol. The first kappa shape index (κ1) is 22.7. The van der Waals surface area contributed by atoms with Crippen LogP contribution in [-0.2, 0) is 14.4 Å². The van der Waals surface area contributed by atoms with Crippen molar-refractivity contribution in [2.75, 3.05) is 25.4 Å². The average Bonchev–Trinajstić information content (AvgIpc) is 2.58. The maximum atomic E-state index is 11.6. The fourth-order valence-electron chi connectivity index (χ4n) is 2.14. The number of nitrogens with two attached hydrogens (primary N) is 1. The summed E-state index contributed by atoms with van der Waals surface area (Å²) < 4.78 is 0. The lowest BCUT2D eigenvalue weighted by Gasteiger charge is -2.06. The van der Waals surface area contributed by atoms with Crippen LogP contribution >= 0.6 is 11.9 Å². The van der Waals surface area contributed by atoms with Gasteiger partial charge < -0.3 is 16.0 Å². The molecule has 0 aromatic heterocycles. The summed E-state index contributed by atoms with van der Waals surface area (Å²) in [6.07, 6.45) is 8.46. The van der Waals surface area contributed by atoms with E-state index in [1.54, 1.807) is 0 Å². The van der Waals surface area contributed by atoms with Crippen LogP contribution in [0.3, 0.4) is 0 Å². The van der Waals surface area contributed by atoms with E-state index in [1.807, 2.05) is 0 Å². The van der Waals surface area contributed by atoms with Crippen LogP contribution < -0.4 is 21.1 Å². The van der Waals surface area contributed by atoms with Crippen LogP contribution in [0.15, 0.2) is 0 Å². The van der Waals surface area contributed by atoms with E-state index in [0.717, 1.165) is 44.9 Å². The minimum absolute atomic E-state index is 0.0575. The number of hydrogen-bond donors (Lipinski definition) is 4. The molecular weight excluding hydrogens is 328 g/mol. The molecule has 0 unspecified atom stereocenters. The summed E-state index contributed by atoms with van der Waals surface area (Å²) in [7, 11) is 0. The number of amides is 3. The second-order valence-corrected chi connectivity index (χ2v) is 6.36. The first-order valence-corrected chi connectivity index (χ1v) is 9.77. The molecule has 0 aromatic rings. The van der Waals surface area contributed by atoms with Crippen LogP contribution in [0.4, 0.5) is 0 Å². The topological polar surface area (TPSA) is 113 Å². The molecule has 0 aliphatic rings. The van der Waals surface area contributed by atoms with Crippen molar-refractivity contribution in [2.45, 2.75) is 57.8 Å². The van der Waals surface area contributed by atoms with Gasteiger partial charge in [-0.1, -0.05) is 31.2 Å². The molecule has 0 aliphatic carbocycles. The Balaban J connectivity index is 3.24. The van der Waals surface area contributed by atoms with E-state index >= 15 is 0 Å². The second kappa shape index (κ2) is 18.1. The molecule has 0 fully saturated rings. The van der Waals surface area contributed by atoms with Crippen LogP contribution in [0.2, 0.25) is 0 Å². The molecule has 3 amide bonds. The fraction of sp³-hybridized carbons (Fsp3) is 0.812. The Hall–Kier alpha value is -1.28. The molecule has 0 radical (unpaired) electrons. The molecule has 0 heterocycles. The zero-order valence-corrected chi connectivity index (χ0v) is 15.3. The van der Waals surface area contributed by atoms with Crippen molar-refractivity contribution in [3.63, 3.8) is 0 Å². The normalized spacial score (nSPS) is 10.2. The van der Waals surface area contributed by atoms with E-state index in [0.29, 0.717) is 44.6 Å². The van der Waals surface area contributed by atoms with E-state index in [9.17, 15) is 14.4 Å². The smallest absolute Gasteiger partial charge is 0.220 e. The molecule has 0 rings (SSSR count). The summed E-state index contributed by atoms with van der Waals surface area (Å²) in [5, 5.41) is 13.7. The van der Waals surface area contributed by atoms with Crippen molar-refractivity contribution in [3.8, 4) is 0 Å². The van der Waals surface area contributed by atoms with Crippen molar-refractivity contribution >= 4 is 30.2 Å². The number of carbonyl (C=O) groups excluding carboxylic acids is 3. The zero-order valence-electron chi connectivity index (χ0n) is 14.5. The van der Waals surface area contributed by atoms with Gasteiger partial charge in [0.1, 0.15) is 0 Å². The highest BCUT2D eigenvalue weighted by Gasteiger charge is 2.01. The fourth-order valence-corrected chi connectivity index (χ4v) is 2.44. The van der Waals surface area contributed by atoms with Crippen LogP contribution in [-0.4, -0.2) is 43.6 Å². The largest absolute Gasteiger partial charge is 0.359 e. The molecule has 0 spiro atoms. The Morgan fingerprint density at radius 2 is 1.33 bits per heavy atom. The van der Waals surface area contributed by atoms with Crippen molar-refractivity contribution < 1.29 is 14.4 Å². The quantitative estimate of drug-likeness (QED) is 0.176. The molecule has 7 nitrogen and oxygen atoms in total. The first-order valence-electron chi connectivity index (χ1n) is 8.72. The monoisotopic (exact) mass is 360 g/mol. The Morgan fingerprint density at radius 1 is 0.792 bits per heavy atom. The minimum Gasteiger partial charge on any atom is -0.359 e. The van der Waals surface area contributed by atoms with Crippen molar-refractivity contribution in [1.82, 2.24) is 16.0 Å². The number of unbranched alkanes of at least 4 members (excludes halogenated alkanes) is 5. The summed E-state index contributed by atoms with van der Waals surface area (Å²) >= 11 is 1.18. The molecule has 8 heteroatoms. The lowest BCUT2D eigenvalue weighted by atomic mass is 10.1. The molecule has 5 N–H and O–H groups in total. The minimum atomic E-state index is 0.0575. The van der Waals surface area contributed by atoms with Gasteiger partial charge in [-0.15, -0.1) is 0 Å². The summed E-state index contributed by atoms with van der Waals surface area (Å²) in [5.74, 6) is 0.812. The molecule has 0 atom stereocenters. The Morgan fingerprint density at radius 3 is 1.92 bits per heavy atom. The van der Waals surface area contributed by atoms with Crippen molar-refractivity contribution in [3.05, 3.63) is 0 Å². The Labute approximate surface area is 149 Å². The van der Waals surface area contributed by atoms with Gasteiger partial charge in [-0.3, -0.25) is 19.5 Å². The van der Waals surface area contributed by atoms with Gasteiger partial charge in [0.15, 0.2) is 0 Å². The number of carbonyl (C=O) groups is 3. The summed E-state index contributed by atoms with van der Waals surface area (Å²) in [5.41, 5.74) is 0. The van der Waals surface area contributed by atoms with Crippen LogP contribution in [0, 0.1) is 0 Å². The van der Waals surface area contributed by atoms with E-state index in [1.165, 1.54) is 11.9 Å². The second-order valence-electron chi connectivity index (χ2n) is 5.62. The molecular formula is C16H32N4O3S. The van der Waals surface area contributed by atoms with Crippen molar-refractivity contribution in [2.24, 2.45) is 5.14 Å². The number of nitrogens with one attached hydrogen (secondary N) is 3. The third-order valence-electron chi connectivity index (χ3n) is 3.50. The molecule has 0 aliphatic heterocycles. The van der Waals surface area contributed by atoms with Gasteiger partial charge in [0, 0.05) is 38.2 Å². The SMILES string of the molecule is NSCCC(=O)NCCCCCCNC(=O)CCCCCNC=O.